The molecule has 0 aromatic heterocycles. The van der Waals surface area contributed by atoms with E-state index in [0.29, 0.717) is 12.3 Å². The zero-order valence-electron chi connectivity index (χ0n) is 12.1. The molecule has 2 rings (SSSR count). The molecule has 1 aromatic rings. The van der Waals surface area contributed by atoms with Gasteiger partial charge in [0, 0.05) is 12.6 Å². The molecule has 3 heteroatoms. The first kappa shape index (κ1) is 14.1. The number of benzene rings is 1. The van der Waals surface area contributed by atoms with E-state index in [-0.39, 0.29) is 11.9 Å². The number of rotatable bonds is 3. The SMILES string of the molecule is Cc1ccc(C)c(CC(=O)N[C@@H]2CNCC[C@H]2C)c1. The molecule has 0 unspecified atom stereocenters. The minimum atomic E-state index is 0.134. The molecule has 2 atom stereocenters. The van der Waals surface area contributed by atoms with Crippen LogP contribution in [-0.4, -0.2) is 25.0 Å². The predicted octanol–water partition coefficient (Wildman–Crippen LogP) is 1.96. The average molecular weight is 260 g/mol. The van der Waals surface area contributed by atoms with Crippen molar-refractivity contribution in [3.8, 4) is 0 Å². The minimum Gasteiger partial charge on any atom is -0.352 e. The van der Waals surface area contributed by atoms with Gasteiger partial charge in [0.1, 0.15) is 0 Å². The molecule has 1 fully saturated rings. The number of hydrogen-bond donors (Lipinski definition) is 2. The molecular formula is C16H24N2O. The predicted molar refractivity (Wildman–Crippen MR) is 78.2 cm³/mol. The van der Waals surface area contributed by atoms with Crippen LogP contribution < -0.4 is 10.6 Å². The molecule has 0 spiro atoms. The maximum Gasteiger partial charge on any atom is 0.224 e. The van der Waals surface area contributed by atoms with Gasteiger partial charge in [-0.1, -0.05) is 30.7 Å². The van der Waals surface area contributed by atoms with Crippen LogP contribution in [0.25, 0.3) is 0 Å². The second-order valence-corrected chi connectivity index (χ2v) is 5.75. The fraction of sp³-hybridized carbons (Fsp3) is 0.562. The van der Waals surface area contributed by atoms with Crippen LogP contribution >= 0.6 is 0 Å². The van der Waals surface area contributed by atoms with E-state index in [0.717, 1.165) is 25.1 Å². The largest absolute Gasteiger partial charge is 0.352 e. The Bertz CT molecular complexity index is 456. The molecule has 1 aliphatic heterocycles. The van der Waals surface area contributed by atoms with Crippen LogP contribution in [0.1, 0.15) is 30.0 Å². The van der Waals surface area contributed by atoms with E-state index in [9.17, 15) is 4.79 Å². The van der Waals surface area contributed by atoms with Crippen molar-refractivity contribution in [3.63, 3.8) is 0 Å². The Morgan fingerprint density at radius 3 is 2.95 bits per heavy atom. The maximum atomic E-state index is 12.2. The zero-order valence-corrected chi connectivity index (χ0v) is 12.1. The number of nitrogens with one attached hydrogen (secondary N) is 2. The standard InChI is InChI=1S/C16H24N2O/c1-11-4-5-12(2)14(8-11)9-16(19)18-15-10-17-7-6-13(15)3/h4-5,8,13,15,17H,6-7,9-10H2,1-3H3,(H,18,19)/t13-,15-/m1/s1. The lowest BCUT2D eigenvalue weighted by Gasteiger charge is -2.30. The average Bonchev–Trinajstić information content (AvgIpc) is 2.37. The summed E-state index contributed by atoms with van der Waals surface area (Å²) in [5.41, 5.74) is 3.53. The molecule has 0 radical (unpaired) electrons. The van der Waals surface area contributed by atoms with Gasteiger partial charge in [-0.15, -0.1) is 0 Å². The summed E-state index contributed by atoms with van der Waals surface area (Å²) in [5, 5.41) is 6.50. The molecule has 1 amide bonds. The summed E-state index contributed by atoms with van der Waals surface area (Å²) in [6.45, 7) is 8.29. The van der Waals surface area contributed by atoms with Gasteiger partial charge < -0.3 is 10.6 Å². The molecule has 0 bridgehead atoms. The number of hydrogen-bond acceptors (Lipinski definition) is 2. The van der Waals surface area contributed by atoms with E-state index < -0.39 is 0 Å². The summed E-state index contributed by atoms with van der Waals surface area (Å²) < 4.78 is 0. The van der Waals surface area contributed by atoms with Gasteiger partial charge in [0.25, 0.3) is 0 Å². The molecule has 1 saturated heterocycles. The van der Waals surface area contributed by atoms with E-state index in [4.69, 9.17) is 0 Å². The second-order valence-electron chi connectivity index (χ2n) is 5.75. The van der Waals surface area contributed by atoms with Crippen LogP contribution in [0.15, 0.2) is 18.2 Å². The normalized spacial score (nSPS) is 23.1. The molecule has 0 aliphatic carbocycles. The van der Waals surface area contributed by atoms with Crippen molar-refractivity contribution in [3.05, 3.63) is 34.9 Å². The second kappa shape index (κ2) is 6.20. The van der Waals surface area contributed by atoms with Crippen LogP contribution in [0.3, 0.4) is 0 Å². The van der Waals surface area contributed by atoms with Gasteiger partial charge in [0.2, 0.25) is 5.91 Å². The van der Waals surface area contributed by atoms with Crippen molar-refractivity contribution >= 4 is 5.91 Å². The topological polar surface area (TPSA) is 41.1 Å². The fourth-order valence-corrected chi connectivity index (χ4v) is 2.60. The molecule has 1 aliphatic rings. The van der Waals surface area contributed by atoms with Crippen molar-refractivity contribution in [1.82, 2.24) is 10.6 Å². The third kappa shape index (κ3) is 3.80. The van der Waals surface area contributed by atoms with Crippen molar-refractivity contribution in [2.24, 2.45) is 5.92 Å². The molecule has 1 heterocycles. The number of carbonyl (C=O) groups is 1. The van der Waals surface area contributed by atoms with Crippen LogP contribution in [0.5, 0.6) is 0 Å². The summed E-state index contributed by atoms with van der Waals surface area (Å²) >= 11 is 0. The third-order valence-corrected chi connectivity index (χ3v) is 4.03. The monoisotopic (exact) mass is 260 g/mol. The van der Waals surface area contributed by atoms with Crippen LogP contribution in [0.4, 0.5) is 0 Å². The first-order chi connectivity index (χ1) is 9.06. The van der Waals surface area contributed by atoms with Gasteiger partial charge in [-0.25, -0.2) is 0 Å². The first-order valence-corrected chi connectivity index (χ1v) is 7.12. The fourth-order valence-electron chi connectivity index (χ4n) is 2.60. The van der Waals surface area contributed by atoms with Gasteiger partial charge in [-0.3, -0.25) is 4.79 Å². The molecule has 2 N–H and O–H groups in total. The van der Waals surface area contributed by atoms with Crippen LogP contribution in [-0.2, 0) is 11.2 Å². The lowest BCUT2D eigenvalue weighted by molar-refractivity contribution is -0.121. The van der Waals surface area contributed by atoms with Gasteiger partial charge in [0.05, 0.1) is 6.42 Å². The van der Waals surface area contributed by atoms with Crippen molar-refractivity contribution < 1.29 is 4.79 Å². The summed E-state index contributed by atoms with van der Waals surface area (Å²) in [4.78, 5) is 12.2. The lowest BCUT2D eigenvalue weighted by Crippen LogP contribution is -2.50. The molecule has 104 valence electrons. The summed E-state index contributed by atoms with van der Waals surface area (Å²) in [6, 6.07) is 6.55. The van der Waals surface area contributed by atoms with Gasteiger partial charge in [-0.05, 0) is 43.9 Å². The molecule has 1 aromatic carbocycles. The third-order valence-electron chi connectivity index (χ3n) is 4.03. The smallest absolute Gasteiger partial charge is 0.224 e. The molecule has 19 heavy (non-hydrogen) atoms. The summed E-state index contributed by atoms with van der Waals surface area (Å²) in [7, 11) is 0. The van der Waals surface area contributed by atoms with Crippen molar-refractivity contribution in [2.75, 3.05) is 13.1 Å². The molecular weight excluding hydrogens is 236 g/mol. The number of aryl methyl sites for hydroxylation is 2. The highest BCUT2D eigenvalue weighted by atomic mass is 16.1. The number of amides is 1. The summed E-state index contributed by atoms with van der Waals surface area (Å²) in [5.74, 6) is 0.693. The van der Waals surface area contributed by atoms with Crippen molar-refractivity contribution in [2.45, 2.75) is 39.7 Å². The Morgan fingerprint density at radius 2 is 2.21 bits per heavy atom. The van der Waals surface area contributed by atoms with Crippen LogP contribution in [0, 0.1) is 19.8 Å². The Morgan fingerprint density at radius 1 is 1.42 bits per heavy atom. The minimum absolute atomic E-state index is 0.134. The quantitative estimate of drug-likeness (QED) is 0.872. The molecule has 0 saturated carbocycles. The Balaban J connectivity index is 1.95. The zero-order chi connectivity index (χ0) is 13.8. The number of carbonyl (C=O) groups excluding carboxylic acids is 1. The van der Waals surface area contributed by atoms with Gasteiger partial charge >= 0.3 is 0 Å². The highest BCUT2D eigenvalue weighted by Gasteiger charge is 2.22. The Hall–Kier alpha value is -1.35. The van der Waals surface area contributed by atoms with Gasteiger partial charge in [-0.2, -0.15) is 0 Å². The highest BCUT2D eigenvalue weighted by molar-refractivity contribution is 5.79. The van der Waals surface area contributed by atoms with E-state index in [1.807, 2.05) is 0 Å². The maximum absolute atomic E-state index is 12.2. The number of piperidine rings is 1. The lowest BCUT2D eigenvalue weighted by atomic mass is 9.94. The van der Waals surface area contributed by atoms with Crippen LogP contribution in [0.2, 0.25) is 0 Å². The van der Waals surface area contributed by atoms with Crippen molar-refractivity contribution in [1.29, 1.82) is 0 Å². The van der Waals surface area contributed by atoms with Gasteiger partial charge in [0.15, 0.2) is 0 Å². The van der Waals surface area contributed by atoms with E-state index in [2.05, 4.69) is 49.6 Å². The van der Waals surface area contributed by atoms with E-state index in [1.165, 1.54) is 11.1 Å². The Labute approximate surface area is 115 Å². The van der Waals surface area contributed by atoms with E-state index >= 15 is 0 Å². The first-order valence-electron chi connectivity index (χ1n) is 7.12. The highest BCUT2D eigenvalue weighted by Crippen LogP contribution is 2.13. The Kier molecular flexibility index (Phi) is 4.59. The van der Waals surface area contributed by atoms with E-state index in [1.54, 1.807) is 0 Å². The summed E-state index contributed by atoms with van der Waals surface area (Å²) in [6.07, 6.45) is 1.62. The molecule has 3 nitrogen and oxygen atoms in total.